The number of unbranched alkanes of at least 4 members (excludes halogenated alkanes) is 8. The van der Waals surface area contributed by atoms with Gasteiger partial charge < -0.3 is 10.2 Å². The molecule has 0 aromatic heterocycles. The number of rotatable bonds is 16. The second-order valence-electron chi connectivity index (χ2n) is 6.81. The largest absolute Gasteiger partial charge is 0.387 e. The molecule has 0 rings (SSSR count). The van der Waals surface area contributed by atoms with Gasteiger partial charge in [0.05, 0.1) is 0 Å². The highest BCUT2D eigenvalue weighted by molar-refractivity contribution is 6.11. The van der Waals surface area contributed by atoms with Crippen LogP contribution in [0.1, 0.15) is 84.0 Å². The molecule has 0 atom stereocenters. The molecule has 0 aromatic carbocycles. The minimum Gasteiger partial charge on any atom is -0.387 e. The molecule has 3 amide bonds. The average Bonchev–Trinajstić information content (AvgIpc) is 2.70. The van der Waals surface area contributed by atoms with E-state index in [0.29, 0.717) is 11.3 Å². The van der Waals surface area contributed by atoms with Crippen molar-refractivity contribution in [3.8, 4) is 0 Å². The van der Waals surface area contributed by atoms with Gasteiger partial charge in [-0.2, -0.15) is 0 Å². The fourth-order valence-corrected chi connectivity index (χ4v) is 2.76. The van der Waals surface area contributed by atoms with Gasteiger partial charge in [0.1, 0.15) is 13.2 Å². The van der Waals surface area contributed by atoms with Crippen molar-refractivity contribution in [2.75, 3.05) is 13.2 Å². The first kappa shape index (κ1) is 26.2. The van der Waals surface area contributed by atoms with E-state index in [1.54, 1.807) is 0 Å². The van der Waals surface area contributed by atoms with E-state index in [1.807, 2.05) is 0 Å². The normalized spacial score (nSPS) is 11.4. The topological polar surface area (TPSA) is 94.9 Å². The lowest BCUT2D eigenvalue weighted by atomic mass is 10.1. The van der Waals surface area contributed by atoms with E-state index < -0.39 is 30.9 Å². The van der Waals surface area contributed by atoms with E-state index in [1.165, 1.54) is 25.7 Å². The van der Waals surface area contributed by atoms with Crippen molar-refractivity contribution in [2.24, 2.45) is 0 Å². The fourth-order valence-electron chi connectivity index (χ4n) is 2.76. The van der Waals surface area contributed by atoms with Crippen LogP contribution in [-0.4, -0.2) is 46.0 Å². The number of amides is 3. The Kier molecular flexibility index (Phi) is 17.4. The molecule has 6 nitrogen and oxygen atoms in total. The van der Waals surface area contributed by atoms with E-state index in [-0.39, 0.29) is 6.42 Å². The molecule has 0 saturated heterocycles. The first-order valence-corrected chi connectivity index (χ1v) is 10.5. The Bertz CT molecular complexity index is 483. The quantitative estimate of drug-likeness (QED) is 0.307. The van der Waals surface area contributed by atoms with Crippen LogP contribution in [-0.2, 0) is 14.4 Å². The Morgan fingerprint density at radius 1 is 0.679 bits per heavy atom. The van der Waals surface area contributed by atoms with Crippen molar-refractivity contribution in [3.05, 3.63) is 24.3 Å². The smallest absolute Gasteiger partial charge is 0.261 e. The van der Waals surface area contributed by atoms with Gasteiger partial charge in [0.15, 0.2) is 0 Å². The van der Waals surface area contributed by atoms with Crippen molar-refractivity contribution in [3.63, 3.8) is 0 Å². The molecule has 0 aliphatic rings. The zero-order chi connectivity index (χ0) is 21.0. The molecule has 0 aromatic rings. The standard InChI is InChI=1S/C22H37NO5/c1-2-3-4-5-6-7-8-9-10-11-12-13-14-15-16-17-20(26)23(21(27)18-24)22(28)19-25/h6-7,9-10,24-25H,2-5,8,11-19H2,1H3/b7-6-,10-9-. The number of allylic oxidation sites excluding steroid dienone is 4. The Balaban J connectivity index is 3.72. The SMILES string of the molecule is CCCCC/C=C\C/C=C\CCCCCCCC(=O)N(C(=O)CO)C(=O)CO. The van der Waals surface area contributed by atoms with Gasteiger partial charge in [0.25, 0.3) is 11.8 Å². The average molecular weight is 396 g/mol. The molecule has 0 heterocycles. The lowest BCUT2D eigenvalue weighted by molar-refractivity contribution is -0.156. The zero-order valence-electron chi connectivity index (χ0n) is 17.3. The molecular weight excluding hydrogens is 358 g/mol. The lowest BCUT2D eigenvalue weighted by Gasteiger charge is -2.16. The predicted octanol–water partition coefficient (Wildman–Crippen LogP) is 3.67. The van der Waals surface area contributed by atoms with Crippen LogP contribution in [0.5, 0.6) is 0 Å². The highest BCUT2D eigenvalue weighted by Gasteiger charge is 2.26. The van der Waals surface area contributed by atoms with Gasteiger partial charge in [-0.05, 0) is 38.5 Å². The van der Waals surface area contributed by atoms with E-state index >= 15 is 0 Å². The van der Waals surface area contributed by atoms with Crippen LogP contribution < -0.4 is 0 Å². The summed E-state index contributed by atoms with van der Waals surface area (Å²) in [6, 6.07) is 0. The molecule has 0 unspecified atom stereocenters. The van der Waals surface area contributed by atoms with Crippen LogP contribution in [0.25, 0.3) is 0 Å². The summed E-state index contributed by atoms with van der Waals surface area (Å²) in [6.45, 7) is 0.349. The second-order valence-corrected chi connectivity index (χ2v) is 6.81. The molecule has 2 N–H and O–H groups in total. The van der Waals surface area contributed by atoms with Gasteiger partial charge in [-0.3, -0.25) is 14.4 Å². The number of hydrogen-bond acceptors (Lipinski definition) is 5. The minimum absolute atomic E-state index is 0.0575. The third-order valence-electron chi connectivity index (χ3n) is 4.36. The highest BCUT2D eigenvalue weighted by atomic mass is 16.3. The van der Waals surface area contributed by atoms with Crippen LogP contribution in [0.3, 0.4) is 0 Å². The third-order valence-corrected chi connectivity index (χ3v) is 4.36. The van der Waals surface area contributed by atoms with Crippen LogP contribution >= 0.6 is 0 Å². The third kappa shape index (κ3) is 13.4. The summed E-state index contributed by atoms with van der Waals surface area (Å²) in [7, 11) is 0. The number of aliphatic hydroxyl groups is 2. The zero-order valence-corrected chi connectivity index (χ0v) is 17.3. The summed E-state index contributed by atoms with van der Waals surface area (Å²) < 4.78 is 0. The van der Waals surface area contributed by atoms with Crippen LogP contribution in [0.4, 0.5) is 0 Å². The first-order valence-electron chi connectivity index (χ1n) is 10.5. The molecule has 0 fully saturated rings. The van der Waals surface area contributed by atoms with Gasteiger partial charge in [0.2, 0.25) is 5.91 Å². The summed E-state index contributed by atoms with van der Waals surface area (Å²) in [5.41, 5.74) is 0. The van der Waals surface area contributed by atoms with Crippen molar-refractivity contribution < 1.29 is 24.6 Å². The Morgan fingerprint density at radius 2 is 1.18 bits per heavy atom. The molecular formula is C22H37NO5. The maximum absolute atomic E-state index is 11.9. The summed E-state index contributed by atoms with van der Waals surface area (Å²) in [6.07, 6.45) is 20.5. The number of nitrogens with zero attached hydrogens (tertiary/aromatic N) is 1. The predicted molar refractivity (Wildman–Crippen MR) is 110 cm³/mol. The van der Waals surface area contributed by atoms with Gasteiger partial charge in [-0.1, -0.05) is 63.3 Å². The molecule has 6 heteroatoms. The fraction of sp³-hybridized carbons (Fsp3) is 0.682. The molecule has 0 spiro atoms. The molecule has 0 aliphatic carbocycles. The van der Waals surface area contributed by atoms with Crippen LogP contribution in [0.15, 0.2) is 24.3 Å². The Morgan fingerprint density at radius 3 is 1.71 bits per heavy atom. The van der Waals surface area contributed by atoms with Crippen molar-refractivity contribution in [2.45, 2.75) is 84.0 Å². The first-order chi connectivity index (χ1) is 13.6. The minimum atomic E-state index is -0.994. The number of imide groups is 3. The molecule has 160 valence electrons. The Hall–Kier alpha value is -1.79. The summed E-state index contributed by atoms with van der Waals surface area (Å²) in [5.74, 6) is -2.65. The summed E-state index contributed by atoms with van der Waals surface area (Å²) >= 11 is 0. The van der Waals surface area contributed by atoms with Crippen molar-refractivity contribution in [1.29, 1.82) is 0 Å². The number of carbonyl (C=O) groups excluding carboxylic acids is 3. The van der Waals surface area contributed by atoms with Gasteiger partial charge in [-0.15, -0.1) is 0 Å². The van der Waals surface area contributed by atoms with Gasteiger partial charge in [-0.25, -0.2) is 4.90 Å². The number of carbonyl (C=O) groups is 3. The Labute approximate surface area is 169 Å². The maximum atomic E-state index is 11.9. The van der Waals surface area contributed by atoms with Crippen molar-refractivity contribution in [1.82, 2.24) is 4.90 Å². The summed E-state index contributed by atoms with van der Waals surface area (Å²) in [5, 5.41) is 17.6. The van der Waals surface area contributed by atoms with E-state index in [4.69, 9.17) is 10.2 Å². The van der Waals surface area contributed by atoms with Gasteiger partial charge >= 0.3 is 0 Å². The molecule has 0 aliphatic heterocycles. The lowest BCUT2D eigenvalue weighted by Crippen LogP contribution is -2.44. The molecule has 0 saturated carbocycles. The monoisotopic (exact) mass is 395 g/mol. The number of aliphatic hydroxyl groups excluding tert-OH is 2. The number of hydrogen-bond donors (Lipinski definition) is 2. The highest BCUT2D eigenvalue weighted by Crippen LogP contribution is 2.10. The molecule has 0 bridgehead atoms. The van der Waals surface area contributed by atoms with E-state index in [2.05, 4.69) is 31.2 Å². The van der Waals surface area contributed by atoms with E-state index in [0.717, 1.165) is 38.5 Å². The second kappa shape index (κ2) is 18.6. The van der Waals surface area contributed by atoms with Crippen LogP contribution in [0.2, 0.25) is 0 Å². The van der Waals surface area contributed by atoms with Crippen molar-refractivity contribution >= 4 is 17.7 Å². The maximum Gasteiger partial charge on any atom is 0.261 e. The molecule has 0 radical (unpaired) electrons. The summed E-state index contributed by atoms with van der Waals surface area (Å²) in [4.78, 5) is 35.1. The van der Waals surface area contributed by atoms with Crippen LogP contribution in [0, 0.1) is 0 Å². The van der Waals surface area contributed by atoms with E-state index in [9.17, 15) is 14.4 Å². The van der Waals surface area contributed by atoms with Gasteiger partial charge in [0, 0.05) is 6.42 Å². The molecule has 28 heavy (non-hydrogen) atoms.